The van der Waals surface area contributed by atoms with Crippen molar-refractivity contribution in [3.63, 3.8) is 0 Å². The fraction of sp³-hybridized carbons (Fsp3) is 0.190. The molecule has 7 heteroatoms. The third-order valence-electron chi connectivity index (χ3n) is 3.95. The van der Waals surface area contributed by atoms with Gasteiger partial charge in [-0.15, -0.1) is 0 Å². The van der Waals surface area contributed by atoms with E-state index in [0.29, 0.717) is 23.7 Å². The van der Waals surface area contributed by atoms with Crippen LogP contribution in [-0.4, -0.2) is 34.8 Å². The number of hydrogen-bond donors (Lipinski definition) is 2. The first kappa shape index (κ1) is 19.2. The highest BCUT2D eigenvalue weighted by Gasteiger charge is 2.20. The Labute approximate surface area is 162 Å². The van der Waals surface area contributed by atoms with E-state index in [2.05, 4.69) is 15.5 Å². The number of benzene rings is 2. The summed E-state index contributed by atoms with van der Waals surface area (Å²) >= 11 is 0. The molecule has 1 amide bonds. The largest absolute Gasteiger partial charge is 0.494 e. The van der Waals surface area contributed by atoms with Crippen molar-refractivity contribution in [2.75, 3.05) is 11.9 Å². The maximum absolute atomic E-state index is 12.3. The molecule has 0 aliphatic heterocycles. The van der Waals surface area contributed by atoms with Crippen molar-refractivity contribution in [1.82, 2.24) is 10.2 Å². The molecule has 0 saturated carbocycles. The molecule has 0 radical (unpaired) electrons. The number of aromatic amines is 1. The molecule has 0 fully saturated rings. The minimum atomic E-state index is -0.970. The second-order valence-electron chi connectivity index (χ2n) is 6.03. The minimum Gasteiger partial charge on any atom is -0.494 e. The molecular weight excluding hydrogens is 358 g/mol. The molecule has 0 saturated heterocycles. The Bertz CT molecular complexity index is 936. The van der Waals surface area contributed by atoms with E-state index in [1.165, 1.54) is 6.92 Å². The normalized spacial score (nSPS) is 11.5. The van der Waals surface area contributed by atoms with E-state index < -0.39 is 18.0 Å². The zero-order chi connectivity index (χ0) is 19.9. The van der Waals surface area contributed by atoms with Crippen LogP contribution in [0.4, 0.5) is 5.69 Å². The van der Waals surface area contributed by atoms with Gasteiger partial charge in [0.25, 0.3) is 5.91 Å². The van der Waals surface area contributed by atoms with Crippen LogP contribution in [0.15, 0.2) is 60.7 Å². The third kappa shape index (κ3) is 4.76. The molecule has 1 aromatic heterocycles. The summed E-state index contributed by atoms with van der Waals surface area (Å²) in [5.74, 6) is -0.363. The van der Waals surface area contributed by atoms with Gasteiger partial charge in [-0.3, -0.25) is 9.89 Å². The van der Waals surface area contributed by atoms with Gasteiger partial charge >= 0.3 is 5.97 Å². The lowest BCUT2D eigenvalue weighted by Crippen LogP contribution is -2.30. The average molecular weight is 379 g/mol. The molecule has 1 heterocycles. The van der Waals surface area contributed by atoms with Crippen LogP contribution in [0.5, 0.6) is 5.75 Å². The van der Waals surface area contributed by atoms with Crippen molar-refractivity contribution in [3.8, 4) is 17.0 Å². The number of H-pyrrole nitrogens is 1. The van der Waals surface area contributed by atoms with Crippen molar-refractivity contribution in [3.05, 3.63) is 66.4 Å². The molecule has 28 heavy (non-hydrogen) atoms. The van der Waals surface area contributed by atoms with Crippen LogP contribution in [0.25, 0.3) is 11.3 Å². The van der Waals surface area contributed by atoms with Gasteiger partial charge < -0.3 is 14.8 Å². The van der Waals surface area contributed by atoms with Crippen molar-refractivity contribution in [1.29, 1.82) is 0 Å². The minimum absolute atomic E-state index is 0.180. The predicted molar refractivity (Wildman–Crippen MR) is 105 cm³/mol. The Morgan fingerprint density at radius 2 is 1.82 bits per heavy atom. The van der Waals surface area contributed by atoms with Crippen molar-refractivity contribution in [2.24, 2.45) is 0 Å². The highest BCUT2D eigenvalue weighted by Crippen LogP contribution is 2.18. The molecule has 2 N–H and O–H groups in total. The Hall–Kier alpha value is -3.61. The zero-order valence-corrected chi connectivity index (χ0v) is 15.6. The van der Waals surface area contributed by atoms with Gasteiger partial charge in [-0.1, -0.05) is 30.3 Å². The molecule has 144 valence electrons. The number of rotatable bonds is 7. The van der Waals surface area contributed by atoms with Crippen LogP contribution in [0.2, 0.25) is 0 Å². The second kappa shape index (κ2) is 8.85. The van der Waals surface area contributed by atoms with E-state index >= 15 is 0 Å². The van der Waals surface area contributed by atoms with Gasteiger partial charge in [0.2, 0.25) is 0 Å². The third-order valence-corrected chi connectivity index (χ3v) is 3.95. The quantitative estimate of drug-likeness (QED) is 0.611. The van der Waals surface area contributed by atoms with E-state index in [1.807, 2.05) is 37.3 Å². The molecule has 1 atom stereocenters. The number of aromatic nitrogens is 2. The van der Waals surface area contributed by atoms with Crippen LogP contribution < -0.4 is 10.1 Å². The fourth-order valence-corrected chi connectivity index (χ4v) is 2.51. The highest BCUT2D eigenvalue weighted by molar-refractivity contribution is 5.97. The first-order chi connectivity index (χ1) is 13.6. The molecule has 0 aliphatic carbocycles. The Morgan fingerprint density at radius 1 is 1.11 bits per heavy atom. The van der Waals surface area contributed by atoms with E-state index in [4.69, 9.17) is 9.47 Å². The predicted octanol–water partition coefficient (Wildman–Crippen LogP) is 3.66. The average Bonchev–Trinajstić information content (AvgIpc) is 3.21. The number of nitrogens with zero attached hydrogens (tertiary/aromatic N) is 1. The van der Waals surface area contributed by atoms with E-state index in [1.54, 1.807) is 30.3 Å². The summed E-state index contributed by atoms with van der Waals surface area (Å²) in [5.41, 5.74) is 2.27. The molecule has 0 bridgehead atoms. The van der Waals surface area contributed by atoms with Gasteiger partial charge in [0.15, 0.2) is 6.10 Å². The Morgan fingerprint density at radius 3 is 2.50 bits per heavy atom. The maximum atomic E-state index is 12.3. The van der Waals surface area contributed by atoms with Crippen LogP contribution in [0.1, 0.15) is 24.3 Å². The van der Waals surface area contributed by atoms with Gasteiger partial charge in [0, 0.05) is 11.3 Å². The van der Waals surface area contributed by atoms with Gasteiger partial charge in [0.05, 0.1) is 12.3 Å². The summed E-state index contributed by atoms with van der Waals surface area (Å²) in [4.78, 5) is 24.6. The van der Waals surface area contributed by atoms with Gasteiger partial charge in [-0.05, 0) is 44.2 Å². The molecule has 3 aromatic rings. The van der Waals surface area contributed by atoms with Crippen LogP contribution in [-0.2, 0) is 9.53 Å². The summed E-state index contributed by atoms with van der Waals surface area (Å²) in [6.45, 7) is 3.97. The number of hydrogen-bond acceptors (Lipinski definition) is 5. The van der Waals surface area contributed by atoms with Crippen LogP contribution >= 0.6 is 0 Å². The van der Waals surface area contributed by atoms with Crippen LogP contribution in [0, 0.1) is 0 Å². The SMILES string of the molecule is CCOc1ccc(NC(=O)[C@H](C)OC(=O)c2cc(-c3ccccc3)n[nH]2)cc1. The first-order valence-corrected chi connectivity index (χ1v) is 8.92. The summed E-state index contributed by atoms with van der Waals surface area (Å²) in [5, 5.41) is 9.46. The van der Waals surface area contributed by atoms with Crippen LogP contribution in [0.3, 0.4) is 0 Å². The van der Waals surface area contributed by atoms with Crippen molar-refractivity contribution in [2.45, 2.75) is 20.0 Å². The topological polar surface area (TPSA) is 93.3 Å². The zero-order valence-electron chi connectivity index (χ0n) is 15.6. The Kier molecular flexibility index (Phi) is 6.06. The monoisotopic (exact) mass is 379 g/mol. The molecular formula is C21H21N3O4. The fourth-order valence-electron chi connectivity index (χ4n) is 2.51. The number of carbonyl (C=O) groups excluding carboxylic acids is 2. The first-order valence-electron chi connectivity index (χ1n) is 8.92. The van der Waals surface area contributed by atoms with Gasteiger partial charge in [-0.25, -0.2) is 4.79 Å². The van der Waals surface area contributed by atoms with Crippen molar-refractivity contribution < 1.29 is 19.1 Å². The molecule has 2 aromatic carbocycles. The summed E-state index contributed by atoms with van der Waals surface area (Å²) in [7, 11) is 0. The van der Waals surface area contributed by atoms with E-state index in [9.17, 15) is 9.59 Å². The number of esters is 1. The maximum Gasteiger partial charge on any atom is 0.357 e. The summed E-state index contributed by atoms with van der Waals surface area (Å²) in [6, 6.07) is 18.0. The lowest BCUT2D eigenvalue weighted by atomic mass is 10.1. The highest BCUT2D eigenvalue weighted by atomic mass is 16.5. The lowest BCUT2D eigenvalue weighted by Gasteiger charge is -2.13. The summed E-state index contributed by atoms with van der Waals surface area (Å²) < 4.78 is 10.6. The number of amides is 1. The molecule has 0 spiro atoms. The molecule has 3 rings (SSSR count). The molecule has 0 aliphatic rings. The number of ether oxygens (including phenoxy) is 2. The molecule has 7 nitrogen and oxygen atoms in total. The number of nitrogens with one attached hydrogen (secondary N) is 2. The smallest absolute Gasteiger partial charge is 0.357 e. The second-order valence-corrected chi connectivity index (χ2v) is 6.03. The summed E-state index contributed by atoms with van der Waals surface area (Å²) in [6.07, 6.45) is -0.970. The number of carbonyl (C=O) groups is 2. The standard InChI is InChI=1S/C21H21N3O4/c1-3-27-17-11-9-16(10-12-17)22-20(25)14(2)28-21(26)19-13-18(23-24-19)15-7-5-4-6-8-15/h4-14H,3H2,1-2H3,(H,22,25)(H,23,24)/t14-/m0/s1. The lowest BCUT2D eigenvalue weighted by molar-refractivity contribution is -0.123. The van der Waals surface area contributed by atoms with Gasteiger partial charge in [0.1, 0.15) is 11.4 Å². The Balaban J connectivity index is 1.57. The van der Waals surface area contributed by atoms with Gasteiger partial charge in [-0.2, -0.15) is 5.10 Å². The van der Waals surface area contributed by atoms with E-state index in [-0.39, 0.29) is 5.69 Å². The molecule has 0 unspecified atom stereocenters. The van der Waals surface area contributed by atoms with E-state index in [0.717, 1.165) is 5.56 Å². The number of anilines is 1. The van der Waals surface area contributed by atoms with Crippen molar-refractivity contribution >= 4 is 17.6 Å².